The van der Waals surface area contributed by atoms with Crippen LogP contribution in [0.4, 0.5) is 0 Å². The van der Waals surface area contributed by atoms with Crippen LogP contribution in [-0.4, -0.2) is 28.6 Å². The topological polar surface area (TPSA) is 40.5 Å². The van der Waals surface area contributed by atoms with Gasteiger partial charge < -0.3 is 5.11 Å². The first kappa shape index (κ1) is 13.7. The molecule has 0 aromatic heterocycles. The maximum absolute atomic E-state index is 11.2. The van der Waals surface area contributed by atoms with Gasteiger partial charge in [-0.3, -0.25) is 9.69 Å². The van der Waals surface area contributed by atoms with Gasteiger partial charge in [-0.05, 0) is 45.9 Å². The number of benzene rings is 1. The van der Waals surface area contributed by atoms with Crippen LogP contribution in [0.15, 0.2) is 24.3 Å². The van der Waals surface area contributed by atoms with Crippen molar-refractivity contribution in [2.24, 2.45) is 0 Å². The Labute approximate surface area is 103 Å². The van der Waals surface area contributed by atoms with Gasteiger partial charge in [-0.2, -0.15) is 0 Å². The van der Waals surface area contributed by atoms with Crippen molar-refractivity contribution in [2.75, 3.05) is 7.05 Å². The van der Waals surface area contributed by atoms with Crippen LogP contribution in [0.2, 0.25) is 0 Å². The minimum atomic E-state index is -0.873. The molecule has 0 bridgehead atoms. The van der Waals surface area contributed by atoms with Gasteiger partial charge in [0.25, 0.3) is 0 Å². The van der Waals surface area contributed by atoms with Crippen LogP contribution in [0.25, 0.3) is 0 Å². The zero-order chi connectivity index (χ0) is 13.2. The number of carboxylic acids is 1. The second-order valence-electron chi connectivity index (χ2n) is 5.01. The molecular weight excluding hydrogens is 214 g/mol. The molecule has 0 aliphatic carbocycles. The van der Waals surface area contributed by atoms with Crippen molar-refractivity contribution < 1.29 is 9.90 Å². The van der Waals surface area contributed by atoms with Gasteiger partial charge in [0.1, 0.15) is 5.54 Å². The first-order chi connectivity index (χ1) is 7.78. The largest absolute Gasteiger partial charge is 0.480 e. The van der Waals surface area contributed by atoms with Crippen molar-refractivity contribution in [1.29, 1.82) is 0 Å². The van der Waals surface area contributed by atoms with Crippen molar-refractivity contribution in [3.63, 3.8) is 0 Å². The van der Waals surface area contributed by atoms with E-state index in [9.17, 15) is 9.90 Å². The Bertz CT molecular complexity index is 412. The first-order valence-electron chi connectivity index (χ1n) is 5.80. The van der Waals surface area contributed by atoms with Crippen LogP contribution >= 0.6 is 0 Å². The molecule has 17 heavy (non-hydrogen) atoms. The monoisotopic (exact) mass is 235 g/mol. The number of aryl methyl sites for hydroxylation is 1. The average Bonchev–Trinajstić information content (AvgIpc) is 2.27. The third-order valence-corrected chi connectivity index (χ3v) is 3.62. The predicted octanol–water partition coefficient (Wildman–Crippen LogP) is 2.85. The van der Waals surface area contributed by atoms with E-state index in [0.29, 0.717) is 0 Å². The van der Waals surface area contributed by atoms with Gasteiger partial charge in [0.05, 0.1) is 0 Å². The highest BCUT2D eigenvalue weighted by Crippen LogP contribution is 2.28. The lowest BCUT2D eigenvalue weighted by Gasteiger charge is -2.37. The van der Waals surface area contributed by atoms with E-state index in [0.717, 1.165) is 0 Å². The second kappa shape index (κ2) is 4.88. The Balaban J connectivity index is 3.02. The third kappa shape index (κ3) is 2.67. The molecule has 3 nitrogen and oxygen atoms in total. The number of likely N-dealkylation sites (N-methyl/N-ethyl adjacent to an activating group) is 1. The number of carboxylic acid groups (broad SMARTS) is 1. The number of rotatable bonds is 4. The number of carbonyl (C=O) groups is 1. The highest BCUT2D eigenvalue weighted by Gasteiger charge is 2.35. The second-order valence-corrected chi connectivity index (χ2v) is 5.01. The third-order valence-electron chi connectivity index (χ3n) is 3.62. The molecule has 0 radical (unpaired) electrons. The van der Waals surface area contributed by atoms with E-state index >= 15 is 0 Å². The molecule has 0 spiro atoms. The van der Waals surface area contributed by atoms with Crippen LogP contribution in [0.1, 0.15) is 37.9 Å². The van der Waals surface area contributed by atoms with Crippen molar-refractivity contribution in [3.8, 4) is 0 Å². The normalized spacial score (nSPS) is 13.8. The van der Waals surface area contributed by atoms with Crippen LogP contribution < -0.4 is 0 Å². The predicted molar refractivity (Wildman–Crippen MR) is 69.1 cm³/mol. The van der Waals surface area contributed by atoms with E-state index in [4.69, 9.17) is 0 Å². The Morgan fingerprint density at radius 3 is 2.35 bits per heavy atom. The lowest BCUT2D eigenvalue weighted by molar-refractivity contribution is -0.149. The highest BCUT2D eigenvalue weighted by atomic mass is 16.4. The minimum absolute atomic E-state index is 0.0716. The Kier molecular flexibility index (Phi) is 3.94. The summed E-state index contributed by atoms with van der Waals surface area (Å²) in [5.41, 5.74) is 1.49. The van der Waals surface area contributed by atoms with Gasteiger partial charge in [0.2, 0.25) is 0 Å². The summed E-state index contributed by atoms with van der Waals surface area (Å²) in [5, 5.41) is 9.24. The van der Waals surface area contributed by atoms with E-state index in [1.807, 2.05) is 44.0 Å². The van der Waals surface area contributed by atoms with Gasteiger partial charge in [-0.1, -0.05) is 24.3 Å². The van der Waals surface area contributed by atoms with Crippen molar-refractivity contribution in [1.82, 2.24) is 4.90 Å². The van der Waals surface area contributed by atoms with Gasteiger partial charge >= 0.3 is 5.97 Å². The summed E-state index contributed by atoms with van der Waals surface area (Å²) in [6.07, 6.45) is 0. The lowest BCUT2D eigenvalue weighted by atomic mass is 9.96. The van der Waals surface area contributed by atoms with E-state index in [2.05, 4.69) is 6.07 Å². The fourth-order valence-corrected chi connectivity index (χ4v) is 1.90. The number of hydrogen-bond donors (Lipinski definition) is 1. The van der Waals surface area contributed by atoms with Crippen LogP contribution in [0.5, 0.6) is 0 Å². The number of nitrogens with zero attached hydrogens (tertiary/aromatic N) is 1. The van der Waals surface area contributed by atoms with E-state index in [-0.39, 0.29) is 6.04 Å². The summed E-state index contributed by atoms with van der Waals surface area (Å²) in [6.45, 7) is 7.54. The number of hydrogen-bond acceptors (Lipinski definition) is 2. The van der Waals surface area contributed by atoms with Gasteiger partial charge in [-0.15, -0.1) is 0 Å². The van der Waals surface area contributed by atoms with Crippen LogP contribution in [0.3, 0.4) is 0 Å². The molecule has 1 N–H and O–H groups in total. The molecule has 0 saturated heterocycles. The van der Waals surface area contributed by atoms with Crippen molar-refractivity contribution in [2.45, 2.75) is 39.3 Å². The van der Waals surface area contributed by atoms with Crippen LogP contribution in [-0.2, 0) is 4.79 Å². The Hall–Kier alpha value is -1.35. The summed E-state index contributed by atoms with van der Waals surface area (Å²) < 4.78 is 0. The van der Waals surface area contributed by atoms with E-state index < -0.39 is 11.5 Å². The van der Waals surface area contributed by atoms with Gasteiger partial charge in [0, 0.05) is 6.04 Å². The van der Waals surface area contributed by atoms with Gasteiger partial charge in [-0.25, -0.2) is 0 Å². The summed E-state index contributed by atoms with van der Waals surface area (Å²) in [7, 11) is 1.85. The molecule has 0 saturated carbocycles. The molecule has 1 atom stereocenters. The highest BCUT2D eigenvalue weighted by molar-refractivity contribution is 5.77. The minimum Gasteiger partial charge on any atom is -0.480 e. The standard InChI is InChI=1S/C14H21NO2/c1-10-8-6-7-9-12(10)11(2)15(5)14(3,4)13(16)17/h6-9,11H,1-5H3,(H,16,17). The maximum atomic E-state index is 11.2. The van der Waals surface area contributed by atoms with Gasteiger partial charge in [0.15, 0.2) is 0 Å². The molecule has 1 unspecified atom stereocenters. The lowest BCUT2D eigenvalue weighted by Crippen LogP contribution is -2.48. The molecule has 1 aromatic carbocycles. The molecule has 0 fully saturated rings. The zero-order valence-electron chi connectivity index (χ0n) is 11.2. The SMILES string of the molecule is Cc1ccccc1C(C)N(C)C(C)(C)C(=O)O. The summed E-state index contributed by atoms with van der Waals surface area (Å²) in [6, 6.07) is 8.15. The van der Waals surface area contributed by atoms with Crippen molar-refractivity contribution >= 4 is 5.97 Å². The summed E-state index contributed by atoms with van der Waals surface area (Å²) >= 11 is 0. The molecule has 1 aromatic rings. The first-order valence-corrected chi connectivity index (χ1v) is 5.80. The van der Waals surface area contributed by atoms with E-state index in [1.165, 1.54) is 11.1 Å². The average molecular weight is 235 g/mol. The Morgan fingerprint density at radius 2 is 1.88 bits per heavy atom. The fourth-order valence-electron chi connectivity index (χ4n) is 1.90. The smallest absolute Gasteiger partial charge is 0.323 e. The maximum Gasteiger partial charge on any atom is 0.323 e. The summed E-state index contributed by atoms with van der Waals surface area (Å²) in [4.78, 5) is 13.1. The quantitative estimate of drug-likeness (QED) is 0.872. The molecule has 0 aliphatic rings. The molecule has 1 rings (SSSR count). The molecule has 94 valence electrons. The number of aliphatic carboxylic acids is 1. The molecule has 3 heteroatoms. The molecule has 0 amide bonds. The Morgan fingerprint density at radius 1 is 1.35 bits per heavy atom. The fraction of sp³-hybridized carbons (Fsp3) is 0.500. The van der Waals surface area contributed by atoms with Crippen molar-refractivity contribution in [3.05, 3.63) is 35.4 Å². The van der Waals surface area contributed by atoms with Crippen LogP contribution in [0, 0.1) is 6.92 Å². The van der Waals surface area contributed by atoms with E-state index in [1.54, 1.807) is 13.8 Å². The molecule has 0 aliphatic heterocycles. The summed E-state index contributed by atoms with van der Waals surface area (Å²) in [5.74, 6) is -0.805. The molecular formula is C14H21NO2. The zero-order valence-corrected chi connectivity index (χ0v) is 11.2. The molecule has 0 heterocycles.